The Morgan fingerprint density at radius 1 is 1.04 bits per heavy atom. The lowest BCUT2D eigenvalue weighted by molar-refractivity contribution is -0.116. The first-order valence-corrected chi connectivity index (χ1v) is 8.24. The predicted octanol–water partition coefficient (Wildman–Crippen LogP) is 4.25. The van der Waals surface area contributed by atoms with Gasteiger partial charge in [-0.3, -0.25) is 4.79 Å². The van der Waals surface area contributed by atoms with Gasteiger partial charge in [0.15, 0.2) is 5.13 Å². The molecule has 2 aromatic carbocycles. The van der Waals surface area contributed by atoms with Crippen LogP contribution in [0.15, 0.2) is 66.0 Å². The molecule has 0 aliphatic heterocycles. The highest BCUT2D eigenvalue weighted by atomic mass is 32.1. The first-order chi connectivity index (χ1) is 11.2. The van der Waals surface area contributed by atoms with Crippen molar-refractivity contribution in [3.05, 3.63) is 66.0 Å². The summed E-state index contributed by atoms with van der Waals surface area (Å²) in [4.78, 5) is 16.7. The molecule has 116 valence electrons. The summed E-state index contributed by atoms with van der Waals surface area (Å²) in [6.45, 7) is 1.82. The van der Waals surface area contributed by atoms with E-state index in [0.717, 1.165) is 22.1 Å². The number of hydrogen-bond acceptors (Lipinski definition) is 4. The summed E-state index contributed by atoms with van der Waals surface area (Å²) in [5.74, 6) is -0.0901. The molecule has 0 aliphatic rings. The molecule has 1 atom stereocenters. The molecule has 0 fully saturated rings. The minimum atomic E-state index is -0.370. The van der Waals surface area contributed by atoms with E-state index in [4.69, 9.17) is 0 Å². The Morgan fingerprint density at radius 3 is 2.39 bits per heavy atom. The molecule has 23 heavy (non-hydrogen) atoms. The van der Waals surface area contributed by atoms with Gasteiger partial charge in [0.25, 0.3) is 0 Å². The standard InChI is InChI=1S/C18H17N3OS/c1-13(17(22)20-15-10-6-3-7-11-15)19-18-21-16(12-23-18)14-8-4-2-5-9-14/h2-13H,1H3,(H,19,21)(H,20,22). The van der Waals surface area contributed by atoms with Crippen molar-refractivity contribution in [3.8, 4) is 11.3 Å². The van der Waals surface area contributed by atoms with Crippen LogP contribution in [0, 0.1) is 0 Å². The second-order valence-electron chi connectivity index (χ2n) is 5.13. The van der Waals surface area contributed by atoms with E-state index in [-0.39, 0.29) is 11.9 Å². The molecule has 0 spiro atoms. The summed E-state index contributed by atoms with van der Waals surface area (Å²) in [5.41, 5.74) is 2.77. The Morgan fingerprint density at radius 2 is 1.70 bits per heavy atom. The van der Waals surface area contributed by atoms with E-state index in [2.05, 4.69) is 15.6 Å². The van der Waals surface area contributed by atoms with E-state index in [1.54, 1.807) is 0 Å². The maximum absolute atomic E-state index is 12.2. The Kier molecular flexibility index (Phi) is 4.68. The third kappa shape index (κ3) is 3.96. The molecule has 1 aromatic heterocycles. The quantitative estimate of drug-likeness (QED) is 0.738. The Hall–Kier alpha value is -2.66. The summed E-state index contributed by atoms with van der Waals surface area (Å²) in [7, 11) is 0. The fraction of sp³-hybridized carbons (Fsp3) is 0.111. The van der Waals surface area contributed by atoms with Crippen molar-refractivity contribution in [2.75, 3.05) is 10.6 Å². The fourth-order valence-electron chi connectivity index (χ4n) is 2.10. The lowest BCUT2D eigenvalue weighted by Gasteiger charge is -2.13. The average molecular weight is 323 g/mol. The fourth-order valence-corrected chi connectivity index (χ4v) is 2.91. The monoisotopic (exact) mass is 323 g/mol. The Labute approximate surface area is 139 Å². The largest absolute Gasteiger partial charge is 0.350 e. The minimum Gasteiger partial charge on any atom is -0.350 e. The summed E-state index contributed by atoms with van der Waals surface area (Å²) >= 11 is 1.49. The maximum atomic E-state index is 12.2. The first kappa shape index (κ1) is 15.2. The van der Waals surface area contributed by atoms with E-state index < -0.39 is 0 Å². The number of thiazole rings is 1. The highest BCUT2D eigenvalue weighted by molar-refractivity contribution is 7.14. The molecule has 4 nitrogen and oxygen atoms in total. The van der Waals surface area contributed by atoms with Gasteiger partial charge in [0.2, 0.25) is 5.91 Å². The molecule has 3 aromatic rings. The zero-order valence-electron chi connectivity index (χ0n) is 12.7. The normalized spacial score (nSPS) is 11.7. The van der Waals surface area contributed by atoms with Gasteiger partial charge in [0.05, 0.1) is 5.69 Å². The molecular formula is C18H17N3OS. The molecule has 3 rings (SSSR count). The van der Waals surface area contributed by atoms with Crippen molar-refractivity contribution in [1.82, 2.24) is 4.98 Å². The van der Waals surface area contributed by atoms with Gasteiger partial charge in [0.1, 0.15) is 6.04 Å². The third-order valence-electron chi connectivity index (χ3n) is 3.35. The number of hydrogen-bond donors (Lipinski definition) is 2. The number of aromatic nitrogens is 1. The number of nitrogens with zero attached hydrogens (tertiary/aromatic N) is 1. The highest BCUT2D eigenvalue weighted by Gasteiger charge is 2.14. The predicted molar refractivity (Wildman–Crippen MR) is 95.7 cm³/mol. The van der Waals surface area contributed by atoms with Gasteiger partial charge in [-0.15, -0.1) is 11.3 Å². The second-order valence-corrected chi connectivity index (χ2v) is 5.98. The Balaban J connectivity index is 1.63. The molecular weight excluding hydrogens is 306 g/mol. The van der Waals surface area contributed by atoms with Crippen LogP contribution in [0.25, 0.3) is 11.3 Å². The number of carbonyl (C=O) groups is 1. The molecule has 0 saturated carbocycles. The van der Waals surface area contributed by atoms with Crippen molar-refractivity contribution in [2.45, 2.75) is 13.0 Å². The van der Waals surface area contributed by atoms with Crippen molar-refractivity contribution >= 4 is 28.1 Å². The van der Waals surface area contributed by atoms with Gasteiger partial charge >= 0.3 is 0 Å². The molecule has 0 saturated heterocycles. The molecule has 5 heteroatoms. The topological polar surface area (TPSA) is 54.0 Å². The van der Waals surface area contributed by atoms with Crippen LogP contribution in [0.2, 0.25) is 0 Å². The van der Waals surface area contributed by atoms with Crippen molar-refractivity contribution in [2.24, 2.45) is 0 Å². The lowest BCUT2D eigenvalue weighted by atomic mass is 10.2. The SMILES string of the molecule is CC(Nc1nc(-c2ccccc2)cs1)C(=O)Nc1ccccc1. The summed E-state index contributed by atoms with van der Waals surface area (Å²) < 4.78 is 0. The number of benzene rings is 2. The molecule has 0 radical (unpaired) electrons. The van der Waals surface area contributed by atoms with E-state index in [9.17, 15) is 4.79 Å². The van der Waals surface area contributed by atoms with Crippen LogP contribution in [0.4, 0.5) is 10.8 Å². The number of nitrogens with one attached hydrogen (secondary N) is 2. The maximum Gasteiger partial charge on any atom is 0.246 e. The first-order valence-electron chi connectivity index (χ1n) is 7.36. The molecule has 0 bridgehead atoms. The van der Waals surface area contributed by atoms with E-state index in [1.165, 1.54) is 11.3 Å². The van der Waals surface area contributed by atoms with Crippen molar-refractivity contribution in [3.63, 3.8) is 0 Å². The van der Waals surface area contributed by atoms with Crippen LogP contribution in [0.5, 0.6) is 0 Å². The van der Waals surface area contributed by atoms with E-state index >= 15 is 0 Å². The van der Waals surface area contributed by atoms with Gasteiger partial charge in [-0.25, -0.2) is 4.98 Å². The van der Waals surface area contributed by atoms with Crippen molar-refractivity contribution in [1.29, 1.82) is 0 Å². The third-order valence-corrected chi connectivity index (χ3v) is 4.12. The van der Waals surface area contributed by atoms with Crippen LogP contribution in [0.1, 0.15) is 6.92 Å². The zero-order valence-corrected chi connectivity index (χ0v) is 13.5. The Bertz CT molecular complexity index is 771. The van der Waals surface area contributed by atoms with Gasteiger partial charge in [-0.05, 0) is 19.1 Å². The number of carbonyl (C=O) groups excluding carboxylic acids is 1. The van der Waals surface area contributed by atoms with Gasteiger partial charge in [-0.1, -0.05) is 48.5 Å². The number of amides is 1. The van der Waals surface area contributed by atoms with Crippen LogP contribution >= 0.6 is 11.3 Å². The summed E-state index contributed by atoms with van der Waals surface area (Å²) in [6.07, 6.45) is 0. The highest BCUT2D eigenvalue weighted by Crippen LogP contribution is 2.25. The smallest absolute Gasteiger partial charge is 0.246 e. The van der Waals surface area contributed by atoms with Gasteiger partial charge in [0, 0.05) is 16.6 Å². The molecule has 2 N–H and O–H groups in total. The summed E-state index contributed by atoms with van der Waals surface area (Å²) in [6, 6.07) is 19.0. The molecule has 1 unspecified atom stereocenters. The molecule has 1 heterocycles. The number of para-hydroxylation sites is 1. The van der Waals surface area contributed by atoms with Gasteiger partial charge < -0.3 is 10.6 Å². The van der Waals surface area contributed by atoms with Crippen LogP contribution < -0.4 is 10.6 Å². The van der Waals surface area contributed by atoms with Crippen LogP contribution in [0.3, 0.4) is 0 Å². The summed E-state index contributed by atoms with van der Waals surface area (Å²) in [5, 5.41) is 8.74. The minimum absolute atomic E-state index is 0.0901. The molecule has 0 aliphatic carbocycles. The van der Waals surface area contributed by atoms with E-state index in [0.29, 0.717) is 0 Å². The van der Waals surface area contributed by atoms with Crippen LogP contribution in [-0.2, 0) is 4.79 Å². The molecule has 1 amide bonds. The average Bonchev–Trinajstić information content (AvgIpc) is 3.05. The van der Waals surface area contributed by atoms with Crippen LogP contribution in [-0.4, -0.2) is 16.9 Å². The van der Waals surface area contributed by atoms with E-state index in [1.807, 2.05) is 73.0 Å². The lowest BCUT2D eigenvalue weighted by Crippen LogP contribution is -2.31. The second kappa shape index (κ2) is 7.07. The van der Waals surface area contributed by atoms with Gasteiger partial charge in [-0.2, -0.15) is 0 Å². The van der Waals surface area contributed by atoms with Crippen molar-refractivity contribution < 1.29 is 4.79 Å². The number of anilines is 2. The number of rotatable bonds is 5. The zero-order chi connectivity index (χ0) is 16.1.